The molecule has 1 rings (SSSR count). The molecule has 2 atom stereocenters. The van der Waals surface area contributed by atoms with Crippen LogP contribution in [0.2, 0.25) is 0 Å². The zero-order valence-corrected chi connectivity index (χ0v) is 12.0. The maximum absolute atomic E-state index is 11.7. The minimum absolute atomic E-state index is 0.0668. The molecule has 0 saturated carbocycles. The van der Waals surface area contributed by atoms with E-state index < -0.39 is 41.1 Å². The monoisotopic (exact) mass is 312 g/mol. The molecule has 4 N–H and O–H groups in total. The fourth-order valence-corrected chi connectivity index (χ4v) is 1.94. The molecule has 0 aliphatic rings. The summed E-state index contributed by atoms with van der Waals surface area (Å²) in [6.45, 7) is 1.36. The predicted molar refractivity (Wildman–Crippen MR) is 74.0 cm³/mol. The Morgan fingerprint density at radius 2 is 2.00 bits per heavy atom. The number of nitrogens with two attached hydrogens (primary N) is 1. The number of aliphatic hydroxyl groups excluding tert-OH is 2. The van der Waals surface area contributed by atoms with Gasteiger partial charge in [-0.3, -0.25) is 14.9 Å². The van der Waals surface area contributed by atoms with Crippen molar-refractivity contribution in [3.63, 3.8) is 0 Å². The number of amides is 1. The molecule has 0 saturated heterocycles. The lowest BCUT2D eigenvalue weighted by molar-refractivity contribution is -0.385. The third kappa shape index (κ3) is 3.77. The highest BCUT2D eigenvalue weighted by Crippen LogP contribution is 2.29. The van der Waals surface area contributed by atoms with E-state index in [1.165, 1.54) is 13.0 Å². The zero-order valence-electron chi connectivity index (χ0n) is 12.0. The van der Waals surface area contributed by atoms with E-state index in [9.17, 15) is 29.9 Å². The molecule has 0 aromatic heterocycles. The quantitative estimate of drug-likeness (QED) is 0.378. The van der Waals surface area contributed by atoms with Gasteiger partial charge < -0.3 is 20.7 Å². The Morgan fingerprint density at radius 3 is 2.45 bits per heavy atom. The van der Waals surface area contributed by atoms with E-state index in [1.54, 1.807) is 0 Å². The van der Waals surface area contributed by atoms with Crippen molar-refractivity contribution in [2.45, 2.75) is 25.6 Å². The largest absolute Gasteiger partial charge is 0.465 e. The van der Waals surface area contributed by atoms with E-state index in [1.807, 2.05) is 0 Å². The van der Waals surface area contributed by atoms with Gasteiger partial charge in [-0.2, -0.15) is 0 Å². The number of rotatable bonds is 6. The summed E-state index contributed by atoms with van der Waals surface area (Å²) in [5, 5.41) is 30.7. The average Bonchev–Trinajstić information content (AvgIpc) is 2.44. The van der Waals surface area contributed by atoms with Crippen LogP contribution >= 0.6 is 0 Å². The van der Waals surface area contributed by atoms with Crippen molar-refractivity contribution in [2.24, 2.45) is 5.73 Å². The average molecular weight is 312 g/mol. The molecule has 22 heavy (non-hydrogen) atoms. The van der Waals surface area contributed by atoms with Crippen LogP contribution in [-0.2, 0) is 9.53 Å². The standard InChI is InChI=1S/C13H16N2O7/c1-6-8(13(19)22-2)3-7(4-9(6)15(20)21)12(18)10(16)5-11(14)17/h3-4,10,12,16,18H,5H2,1-2H3,(H2,14,17). The van der Waals surface area contributed by atoms with Crippen molar-refractivity contribution in [3.8, 4) is 0 Å². The number of benzene rings is 1. The highest BCUT2D eigenvalue weighted by atomic mass is 16.6. The molecule has 0 spiro atoms. The van der Waals surface area contributed by atoms with Gasteiger partial charge in [0.15, 0.2) is 0 Å². The second-order valence-electron chi connectivity index (χ2n) is 4.64. The Hall–Kier alpha value is -2.52. The molecule has 9 heteroatoms. The molecule has 0 bridgehead atoms. The third-order valence-electron chi connectivity index (χ3n) is 3.12. The fraction of sp³-hybridized carbons (Fsp3) is 0.385. The number of esters is 1. The topological polar surface area (TPSA) is 153 Å². The van der Waals surface area contributed by atoms with Gasteiger partial charge in [0.1, 0.15) is 6.10 Å². The van der Waals surface area contributed by atoms with Crippen LogP contribution in [0.25, 0.3) is 0 Å². The van der Waals surface area contributed by atoms with Crippen LogP contribution in [0.4, 0.5) is 5.69 Å². The molecule has 120 valence electrons. The van der Waals surface area contributed by atoms with Gasteiger partial charge in [0, 0.05) is 11.6 Å². The van der Waals surface area contributed by atoms with E-state index in [0.29, 0.717) is 0 Å². The van der Waals surface area contributed by atoms with Gasteiger partial charge >= 0.3 is 5.97 Å². The van der Waals surface area contributed by atoms with Gasteiger partial charge in [-0.05, 0) is 18.6 Å². The normalized spacial score (nSPS) is 13.3. The van der Waals surface area contributed by atoms with E-state index in [2.05, 4.69) is 4.74 Å². The van der Waals surface area contributed by atoms with Crippen molar-refractivity contribution in [2.75, 3.05) is 7.11 Å². The number of nitro groups is 1. The minimum Gasteiger partial charge on any atom is -0.465 e. The summed E-state index contributed by atoms with van der Waals surface area (Å²) in [5.41, 5.74) is 4.37. The van der Waals surface area contributed by atoms with Crippen molar-refractivity contribution in [1.29, 1.82) is 0 Å². The second kappa shape index (κ2) is 6.96. The molecule has 9 nitrogen and oxygen atoms in total. The van der Waals surface area contributed by atoms with Gasteiger partial charge in [-0.15, -0.1) is 0 Å². The maximum atomic E-state index is 11.7. The van der Waals surface area contributed by atoms with Gasteiger partial charge in [-0.1, -0.05) is 0 Å². The van der Waals surface area contributed by atoms with Crippen LogP contribution in [0, 0.1) is 17.0 Å². The maximum Gasteiger partial charge on any atom is 0.338 e. The van der Waals surface area contributed by atoms with E-state index in [4.69, 9.17) is 5.73 Å². The number of carbonyl (C=O) groups excluding carboxylic acids is 2. The van der Waals surface area contributed by atoms with Crippen LogP contribution in [0.15, 0.2) is 12.1 Å². The van der Waals surface area contributed by atoms with Gasteiger partial charge in [0.05, 0.1) is 30.1 Å². The van der Waals surface area contributed by atoms with Crippen molar-refractivity contribution in [1.82, 2.24) is 0 Å². The number of methoxy groups -OCH3 is 1. The minimum atomic E-state index is -1.62. The van der Waals surface area contributed by atoms with Crippen molar-refractivity contribution >= 4 is 17.6 Å². The van der Waals surface area contributed by atoms with E-state index in [-0.39, 0.29) is 16.7 Å². The first kappa shape index (κ1) is 17.5. The zero-order chi connectivity index (χ0) is 17.0. The third-order valence-corrected chi connectivity index (χ3v) is 3.12. The number of ether oxygens (including phenoxy) is 1. The molecular formula is C13H16N2O7. The number of carbonyl (C=O) groups is 2. The molecule has 0 fully saturated rings. The number of hydrogen-bond acceptors (Lipinski definition) is 7. The van der Waals surface area contributed by atoms with Crippen molar-refractivity contribution < 1.29 is 29.5 Å². The fourth-order valence-electron chi connectivity index (χ4n) is 1.94. The summed E-state index contributed by atoms with van der Waals surface area (Å²) in [6, 6.07) is 2.19. The molecular weight excluding hydrogens is 296 g/mol. The summed E-state index contributed by atoms with van der Waals surface area (Å²) >= 11 is 0. The summed E-state index contributed by atoms with van der Waals surface area (Å²) in [6.07, 6.45) is -3.70. The predicted octanol–water partition coefficient (Wildman–Crippen LogP) is -0.0405. The smallest absolute Gasteiger partial charge is 0.338 e. The highest BCUT2D eigenvalue weighted by molar-refractivity contribution is 5.92. The van der Waals surface area contributed by atoms with Gasteiger partial charge in [0.25, 0.3) is 5.69 Å². The molecule has 0 heterocycles. The molecule has 0 aliphatic heterocycles. The lowest BCUT2D eigenvalue weighted by Gasteiger charge is -2.18. The number of nitro benzene ring substituents is 1. The Labute approximate surface area is 125 Å². The van der Waals surface area contributed by atoms with Crippen LogP contribution < -0.4 is 5.73 Å². The molecule has 0 aliphatic carbocycles. The van der Waals surface area contributed by atoms with Crippen LogP contribution in [-0.4, -0.2) is 40.2 Å². The first-order chi connectivity index (χ1) is 10.2. The summed E-state index contributed by atoms with van der Waals surface area (Å²) in [7, 11) is 1.11. The Kier molecular flexibility index (Phi) is 5.55. The lowest BCUT2D eigenvalue weighted by Crippen LogP contribution is -2.26. The Balaban J connectivity index is 3.36. The Morgan fingerprint density at radius 1 is 1.41 bits per heavy atom. The van der Waals surface area contributed by atoms with Gasteiger partial charge in [-0.25, -0.2) is 4.79 Å². The van der Waals surface area contributed by atoms with Crippen LogP contribution in [0.1, 0.15) is 34.0 Å². The molecule has 0 radical (unpaired) electrons. The summed E-state index contributed by atoms with van der Waals surface area (Å²) < 4.78 is 4.53. The molecule has 1 amide bonds. The number of aliphatic hydroxyl groups is 2. The number of nitrogens with zero attached hydrogens (tertiary/aromatic N) is 1. The first-order valence-corrected chi connectivity index (χ1v) is 6.20. The van der Waals surface area contributed by atoms with Crippen LogP contribution in [0.5, 0.6) is 0 Å². The van der Waals surface area contributed by atoms with Gasteiger partial charge in [0.2, 0.25) is 5.91 Å². The molecule has 1 aromatic carbocycles. The summed E-state index contributed by atoms with van der Waals surface area (Å²) in [5.74, 6) is -1.67. The van der Waals surface area contributed by atoms with Crippen molar-refractivity contribution in [3.05, 3.63) is 38.9 Å². The first-order valence-electron chi connectivity index (χ1n) is 6.20. The molecule has 2 unspecified atom stereocenters. The van der Waals surface area contributed by atoms with Crippen LogP contribution in [0.3, 0.4) is 0 Å². The van der Waals surface area contributed by atoms with E-state index in [0.717, 1.165) is 13.2 Å². The highest BCUT2D eigenvalue weighted by Gasteiger charge is 2.27. The Bertz CT molecular complexity index is 615. The number of primary amides is 1. The molecule has 1 aromatic rings. The number of hydrogen-bond donors (Lipinski definition) is 3. The summed E-state index contributed by atoms with van der Waals surface area (Å²) in [4.78, 5) is 32.8. The lowest BCUT2D eigenvalue weighted by atomic mass is 9.96. The SMILES string of the molecule is COC(=O)c1cc(C(O)C(O)CC(N)=O)cc([N+](=O)[O-])c1C. The second-order valence-corrected chi connectivity index (χ2v) is 4.64. The van der Waals surface area contributed by atoms with E-state index >= 15 is 0 Å².